The van der Waals surface area contributed by atoms with Gasteiger partial charge in [0.25, 0.3) is 5.91 Å². The van der Waals surface area contributed by atoms with Crippen molar-refractivity contribution in [3.63, 3.8) is 0 Å². The van der Waals surface area contributed by atoms with Gasteiger partial charge in [0.1, 0.15) is 10.1 Å². The van der Waals surface area contributed by atoms with E-state index in [1.807, 2.05) is 6.07 Å². The minimum atomic E-state index is -0.127. The first kappa shape index (κ1) is 12.8. The number of phenolic OH excluding ortho intramolecular Hbond substituents is 1. The molecule has 0 unspecified atom stereocenters. The van der Waals surface area contributed by atoms with Crippen molar-refractivity contribution in [1.82, 2.24) is 4.90 Å². The van der Waals surface area contributed by atoms with Crippen LogP contribution in [0.5, 0.6) is 5.75 Å². The second kappa shape index (κ2) is 4.95. The van der Waals surface area contributed by atoms with Crippen LogP contribution in [0.15, 0.2) is 23.1 Å². The Morgan fingerprint density at radius 2 is 2.24 bits per heavy atom. The Labute approximate surface area is 122 Å². The number of carbonyl (C=O) groups is 1. The van der Waals surface area contributed by atoms with E-state index in [-0.39, 0.29) is 11.7 Å². The molecular formula is C11H8INO2S2. The maximum Gasteiger partial charge on any atom is 0.265 e. The van der Waals surface area contributed by atoms with Crippen molar-refractivity contribution in [3.05, 3.63) is 32.2 Å². The van der Waals surface area contributed by atoms with Crippen molar-refractivity contribution in [2.24, 2.45) is 0 Å². The molecule has 88 valence electrons. The van der Waals surface area contributed by atoms with Crippen molar-refractivity contribution in [1.29, 1.82) is 0 Å². The summed E-state index contributed by atoms with van der Waals surface area (Å²) in [5.74, 6) is 0.0325. The lowest BCUT2D eigenvalue weighted by molar-refractivity contribution is -0.121. The van der Waals surface area contributed by atoms with Crippen LogP contribution in [-0.2, 0) is 4.79 Å². The number of nitrogens with zero attached hydrogens (tertiary/aromatic N) is 1. The van der Waals surface area contributed by atoms with Gasteiger partial charge in [-0.15, -0.1) is 0 Å². The number of likely N-dealkylation sites (N-methyl/N-ethyl adjacent to an activating group) is 1. The van der Waals surface area contributed by atoms with Gasteiger partial charge in [-0.1, -0.05) is 24.0 Å². The minimum Gasteiger partial charge on any atom is -0.507 e. The van der Waals surface area contributed by atoms with Gasteiger partial charge in [-0.3, -0.25) is 9.69 Å². The standard InChI is InChI=1S/C11H8INO2S2/c1-13-10(15)9(17-11(13)16)5-6-4-7(12)2-3-8(6)14/h2-5,14H,1H3/b9-5+. The van der Waals surface area contributed by atoms with Gasteiger partial charge in [-0.2, -0.15) is 0 Å². The summed E-state index contributed by atoms with van der Waals surface area (Å²) in [7, 11) is 1.65. The van der Waals surface area contributed by atoms with Crippen LogP contribution in [0.3, 0.4) is 0 Å². The number of thiocarbonyl (C=S) groups is 1. The van der Waals surface area contributed by atoms with Crippen molar-refractivity contribution < 1.29 is 9.90 Å². The van der Waals surface area contributed by atoms with Gasteiger partial charge in [0.2, 0.25) is 0 Å². The number of amides is 1. The molecule has 17 heavy (non-hydrogen) atoms. The third-order valence-corrected chi connectivity index (χ3v) is 4.42. The topological polar surface area (TPSA) is 40.5 Å². The highest BCUT2D eigenvalue weighted by Gasteiger charge is 2.28. The second-order valence-electron chi connectivity index (χ2n) is 3.44. The number of carbonyl (C=O) groups excluding carboxylic acids is 1. The molecule has 0 bridgehead atoms. The predicted molar refractivity (Wildman–Crippen MR) is 81.8 cm³/mol. The maximum atomic E-state index is 11.8. The summed E-state index contributed by atoms with van der Waals surface area (Å²) in [5, 5.41) is 9.70. The second-order valence-corrected chi connectivity index (χ2v) is 6.37. The number of hydrogen-bond donors (Lipinski definition) is 1. The van der Waals surface area contributed by atoms with Gasteiger partial charge in [-0.05, 0) is 46.9 Å². The lowest BCUT2D eigenvalue weighted by Gasteiger charge is -2.04. The van der Waals surface area contributed by atoms with Crippen molar-refractivity contribution >= 4 is 62.9 Å². The van der Waals surface area contributed by atoms with E-state index in [2.05, 4.69) is 22.6 Å². The Morgan fingerprint density at radius 3 is 2.82 bits per heavy atom. The van der Waals surface area contributed by atoms with Gasteiger partial charge in [-0.25, -0.2) is 0 Å². The lowest BCUT2D eigenvalue weighted by atomic mass is 10.2. The number of aromatic hydroxyl groups is 1. The summed E-state index contributed by atoms with van der Waals surface area (Å²) in [6.45, 7) is 0. The zero-order valence-electron chi connectivity index (χ0n) is 8.81. The van der Waals surface area contributed by atoms with E-state index in [0.29, 0.717) is 14.8 Å². The molecule has 0 saturated carbocycles. The van der Waals surface area contributed by atoms with E-state index in [1.54, 1.807) is 25.3 Å². The average Bonchev–Trinajstić information content (AvgIpc) is 2.52. The van der Waals surface area contributed by atoms with E-state index >= 15 is 0 Å². The number of rotatable bonds is 1. The van der Waals surface area contributed by atoms with Gasteiger partial charge >= 0.3 is 0 Å². The minimum absolute atomic E-state index is 0.127. The molecule has 1 amide bonds. The fraction of sp³-hybridized carbons (Fsp3) is 0.0909. The van der Waals surface area contributed by atoms with Gasteiger partial charge < -0.3 is 5.11 Å². The maximum absolute atomic E-state index is 11.8. The van der Waals surface area contributed by atoms with E-state index < -0.39 is 0 Å². The van der Waals surface area contributed by atoms with E-state index in [9.17, 15) is 9.90 Å². The summed E-state index contributed by atoms with van der Waals surface area (Å²) >= 11 is 8.43. The Hall–Kier alpha value is -0.600. The first-order chi connectivity index (χ1) is 7.99. The highest BCUT2D eigenvalue weighted by Crippen LogP contribution is 2.33. The summed E-state index contributed by atoms with van der Waals surface area (Å²) < 4.78 is 1.53. The van der Waals surface area contributed by atoms with Crippen molar-refractivity contribution in [2.75, 3.05) is 7.05 Å². The average molecular weight is 377 g/mol. The lowest BCUT2D eigenvalue weighted by Crippen LogP contribution is -2.22. The van der Waals surface area contributed by atoms with Crippen LogP contribution >= 0.6 is 46.6 Å². The van der Waals surface area contributed by atoms with E-state index in [4.69, 9.17) is 12.2 Å². The van der Waals surface area contributed by atoms with Crippen LogP contribution in [0, 0.1) is 3.57 Å². The van der Waals surface area contributed by atoms with Crippen molar-refractivity contribution in [3.8, 4) is 5.75 Å². The Kier molecular flexibility index (Phi) is 3.74. The SMILES string of the molecule is CN1C(=O)/C(=C\c2cc(I)ccc2O)SC1=S. The number of benzene rings is 1. The van der Waals surface area contributed by atoms with Crippen LogP contribution < -0.4 is 0 Å². The fourth-order valence-electron chi connectivity index (χ4n) is 1.33. The molecule has 1 aliphatic rings. The number of phenols is 1. The van der Waals surface area contributed by atoms with Crippen molar-refractivity contribution in [2.45, 2.75) is 0 Å². The highest BCUT2D eigenvalue weighted by atomic mass is 127. The zero-order chi connectivity index (χ0) is 12.6. The molecule has 1 heterocycles. The predicted octanol–water partition coefficient (Wildman–Crippen LogP) is 2.83. The molecule has 1 N–H and O–H groups in total. The molecule has 1 aromatic carbocycles. The first-order valence-electron chi connectivity index (χ1n) is 4.69. The Balaban J connectivity index is 2.40. The number of hydrogen-bond acceptors (Lipinski definition) is 4. The quantitative estimate of drug-likeness (QED) is 0.464. The number of thioether (sulfide) groups is 1. The molecular weight excluding hydrogens is 369 g/mol. The Bertz CT molecular complexity index is 542. The Morgan fingerprint density at radius 1 is 1.53 bits per heavy atom. The van der Waals surface area contributed by atoms with Gasteiger partial charge in [0.15, 0.2) is 0 Å². The summed E-state index contributed by atoms with van der Waals surface area (Å²) in [4.78, 5) is 13.7. The number of halogens is 1. The summed E-state index contributed by atoms with van der Waals surface area (Å²) in [6, 6.07) is 5.23. The van der Waals surface area contributed by atoms with Gasteiger partial charge in [0, 0.05) is 16.2 Å². The third kappa shape index (κ3) is 2.63. The molecule has 0 spiro atoms. The van der Waals surface area contributed by atoms with E-state index in [1.165, 1.54) is 16.7 Å². The molecule has 0 radical (unpaired) electrons. The normalized spacial score (nSPS) is 18.2. The molecule has 1 aliphatic heterocycles. The van der Waals surface area contributed by atoms with Crippen LogP contribution in [0.2, 0.25) is 0 Å². The molecule has 1 saturated heterocycles. The fourth-order valence-corrected chi connectivity index (χ4v) is 3.01. The summed E-state index contributed by atoms with van der Waals surface area (Å²) in [5.41, 5.74) is 0.630. The summed E-state index contributed by atoms with van der Waals surface area (Å²) in [6.07, 6.45) is 1.67. The van der Waals surface area contributed by atoms with Crippen LogP contribution in [-0.4, -0.2) is 27.3 Å². The zero-order valence-corrected chi connectivity index (χ0v) is 12.6. The molecule has 3 nitrogen and oxygen atoms in total. The largest absolute Gasteiger partial charge is 0.507 e. The molecule has 0 aliphatic carbocycles. The molecule has 1 aromatic rings. The third-order valence-electron chi connectivity index (χ3n) is 2.26. The monoisotopic (exact) mass is 377 g/mol. The van der Waals surface area contributed by atoms with Crippen LogP contribution in [0.25, 0.3) is 6.08 Å². The van der Waals surface area contributed by atoms with E-state index in [0.717, 1.165) is 3.57 Å². The molecule has 1 fully saturated rings. The molecule has 2 rings (SSSR count). The molecule has 6 heteroatoms. The van der Waals surface area contributed by atoms with Crippen LogP contribution in [0.4, 0.5) is 0 Å². The molecule has 0 atom stereocenters. The van der Waals surface area contributed by atoms with Gasteiger partial charge in [0.05, 0.1) is 4.91 Å². The smallest absolute Gasteiger partial charge is 0.265 e. The molecule has 0 aromatic heterocycles. The van der Waals surface area contributed by atoms with Crippen LogP contribution in [0.1, 0.15) is 5.56 Å². The highest BCUT2D eigenvalue weighted by molar-refractivity contribution is 14.1. The first-order valence-corrected chi connectivity index (χ1v) is 6.99.